The van der Waals surface area contributed by atoms with Crippen LogP contribution in [0.15, 0.2) is 36.4 Å². The number of β-amino-alcohol motifs (C(OH)–C–C–N with tert-alkyl or cyclic N) is 1. The average molecular weight is 760 g/mol. The Balaban J connectivity index is 1.28. The normalized spacial score (nSPS) is 36.3. The van der Waals surface area contributed by atoms with Gasteiger partial charge in [-0.15, -0.1) is 0 Å². The standard InChI is InChI=1S/C39H54ClN3O6S2/c1-26-7-5-17-39(45,24-42-18-15-32(22-42)51(4,47)48)34-12-9-30(34)21-43-23-38(16-6-8-28-19-31(40)11-13-33(28)38)25-49-36-14-10-29(20-35(36)43)37(44)41-50(3,46)27(26)2/h10-11,13-14,19-20,26-27,30,32,34,45H,3,5-9,12,15-18,21-25H2,1-2,4H3,(H,41,44,46)/t26-,27+,30-,32-,34+,38-,39+,50?/m0/s1. The van der Waals surface area contributed by atoms with E-state index in [4.69, 9.17) is 16.3 Å². The molecule has 2 aromatic carbocycles. The van der Waals surface area contributed by atoms with Gasteiger partial charge in [-0.25, -0.2) is 12.6 Å². The molecule has 2 aromatic rings. The molecule has 1 saturated heterocycles. The fourth-order valence-corrected chi connectivity index (χ4v) is 12.5. The van der Waals surface area contributed by atoms with Crippen molar-refractivity contribution in [3.05, 3.63) is 58.1 Å². The van der Waals surface area contributed by atoms with E-state index < -0.39 is 36.3 Å². The maximum atomic E-state index is 13.9. The van der Waals surface area contributed by atoms with Crippen LogP contribution in [0.2, 0.25) is 5.02 Å². The molecular formula is C39H54ClN3O6S2. The Morgan fingerprint density at radius 2 is 1.88 bits per heavy atom. The van der Waals surface area contributed by atoms with Crippen molar-refractivity contribution in [3.63, 3.8) is 0 Å². The summed E-state index contributed by atoms with van der Waals surface area (Å²) < 4.78 is 48.3. The largest absolute Gasteiger partial charge is 0.490 e. The van der Waals surface area contributed by atoms with E-state index in [0.717, 1.165) is 55.7 Å². The molecule has 8 atom stereocenters. The molecule has 2 fully saturated rings. The number of aliphatic hydroxyl groups is 1. The van der Waals surface area contributed by atoms with Gasteiger partial charge >= 0.3 is 0 Å². The number of rotatable bonds is 3. The zero-order valence-electron chi connectivity index (χ0n) is 30.2. The maximum absolute atomic E-state index is 13.9. The Hall–Kier alpha value is -2.31. The summed E-state index contributed by atoms with van der Waals surface area (Å²) in [4.78, 5) is 18.3. The molecule has 51 heavy (non-hydrogen) atoms. The van der Waals surface area contributed by atoms with Crippen LogP contribution in [-0.4, -0.2) is 96.1 Å². The number of carbonyl (C=O) groups is 1. The molecule has 1 spiro atoms. The van der Waals surface area contributed by atoms with E-state index in [-0.39, 0.29) is 28.4 Å². The predicted molar refractivity (Wildman–Crippen MR) is 206 cm³/mol. The Morgan fingerprint density at radius 1 is 1.08 bits per heavy atom. The number of aryl methyl sites for hydroxylation is 1. The summed E-state index contributed by atoms with van der Waals surface area (Å²) in [5.74, 6) is 4.53. The second-order valence-electron chi connectivity index (χ2n) is 16.5. The summed E-state index contributed by atoms with van der Waals surface area (Å²) in [6.45, 7) is 7.32. The first-order valence-corrected chi connectivity index (χ1v) is 22.8. The van der Waals surface area contributed by atoms with Crippen LogP contribution in [-0.2, 0) is 31.4 Å². The fraction of sp³-hybridized carbons (Fsp3) is 0.641. The van der Waals surface area contributed by atoms with E-state index in [1.165, 1.54) is 17.4 Å². The monoisotopic (exact) mass is 759 g/mol. The van der Waals surface area contributed by atoms with E-state index in [0.29, 0.717) is 63.5 Å². The van der Waals surface area contributed by atoms with Crippen molar-refractivity contribution in [1.29, 1.82) is 0 Å². The van der Waals surface area contributed by atoms with Crippen LogP contribution in [0, 0.1) is 17.8 Å². The SMILES string of the molecule is C=S1(=O)NC(=O)c2ccc3c(c2)N(C[C@@H]2CC[C@H]2[C@](O)(CN2CC[C@H](S(C)(=O)=O)C2)CCC[C@H](C)[C@H]1C)C[C@@]1(CCCc2cc(Cl)ccc21)CO3. The topological polar surface area (TPSA) is 116 Å². The highest BCUT2D eigenvalue weighted by atomic mass is 35.5. The number of ether oxygens (including phenoxy) is 1. The zero-order chi connectivity index (χ0) is 36.3. The number of carbonyl (C=O) groups excluding carboxylic acids is 1. The van der Waals surface area contributed by atoms with Gasteiger partial charge in [-0.05, 0) is 130 Å². The van der Waals surface area contributed by atoms with E-state index in [1.807, 2.05) is 32.0 Å². The minimum atomic E-state index is -3.17. The summed E-state index contributed by atoms with van der Waals surface area (Å²) in [5, 5.41) is 12.7. The minimum absolute atomic E-state index is 0.00794. The van der Waals surface area contributed by atoms with Crippen molar-refractivity contribution in [1.82, 2.24) is 9.62 Å². The highest BCUT2D eigenvalue weighted by Crippen LogP contribution is 2.49. The first kappa shape index (κ1) is 37.0. The number of amides is 1. The molecule has 1 unspecified atom stereocenters. The number of hydrogen-bond acceptors (Lipinski definition) is 8. The van der Waals surface area contributed by atoms with Crippen molar-refractivity contribution in [2.24, 2.45) is 17.8 Å². The molecule has 2 N–H and O–H groups in total. The summed E-state index contributed by atoms with van der Waals surface area (Å²) >= 11 is 6.47. The number of benzene rings is 2. The second-order valence-corrected chi connectivity index (χ2v) is 21.7. The van der Waals surface area contributed by atoms with Gasteiger partial charge in [0.1, 0.15) is 5.75 Å². The third kappa shape index (κ3) is 7.31. The van der Waals surface area contributed by atoms with Gasteiger partial charge in [-0.1, -0.05) is 31.0 Å². The maximum Gasteiger partial charge on any atom is 0.262 e. The Morgan fingerprint density at radius 3 is 2.61 bits per heavy atom. The number of nitrogens with zero attached hydrogens (tertiary/aromatic N) is 2. The minimum Gasteiger partial charge on any atom is -0.490 e. The van der Waals surface area contributed by atoms with Crippen LogP contribution >= 0.6 is 11.6 Å². The molecule has 1 saturated carbocycles. The third-order valence-corrected chi connectivity index (χ3v) is 17.2. The van der Waals surface area contributed by atoms with Crippen molar-refractivity contribution in [2.45, 2.75) is 93.2 Å². The van der Waals surface area contributed by atoms with Gasteiger partial charge in [0, 0.05) is 53.7 Å². The van der Waals surface area contributed by atoms with E-state index in [2.05, 4.69) is 32.5 Å². The number of halogens is 1. The number of fused-ring (bicyclic) bond motifs is 4. The quantitative estimate of drug-likeness (QED) is 0.408. The van der Waals surface area contributed by atoms with Crippen LogP contribution in [0.3, 0.4) is 0 Å². The van der Waals surface area contributed by atoms with Gasteiger partial charge in [-0.3, -0.25) is 14.4 Å². The number of hydrogen-bond donors (Lipinski definition) is 2. The molecule has 3 heterocycles. The van der Waals surface area contributed by atoms with E-state index in [1.54, 1.807) is 6.07 Å². The number of nitrogens with one attached hydrogen (secondary N) is 1. The lowest BCUT2D eigenvalue weighted by molar-refractivity contribution is -0.103. The van der Waals surface area contributed by atoms with Crippen LogP contribution in [0.4, 0.5) is 5.69 Å². The lowest BCUT2D eigenvalue weighted by Crippen LogP contribution is -2.56. The molecule has 2 aliphatic carbocycles. The van der Waals surface area contributed by atoms with Crippen LogP contribution in [0.1, 0.15) is 86.7 Å². The summed E-state index contributed by atoms with van der Waals surface area (Å²) in [6, 6.07) is 11.7. The predicted octanol–water partition coefficient (Wildman–Crippen LogP) is 5.26. The van der Waals surface area contributed by atoms with Crippen molar-refractivity contribution in [2.75, 3.05) is 50.5 Å². The Kier molecular flexibility index (Phi) is 10.0. The van der Waals surface area contributed by atoms with Gasteiger partial charge in [0.15, 0.2) is 9.84 Å². The van der Waals surface area contributed by atoms with Crippen LogP contribution in [0.25, 0.3) is 0 Å². The van der Waals surface area contributed by atoms with Crippen LogP contribution in [0.5, 0.6) is 5.75 Å². The van der Waals surface area contributed by atoms with Crippen molar-refractivity contribution >= 4 is 48.6 Å². The summed E-state index contributed by atoms with van der Waals surface area (Å²) in [5.41, 5.74) is 2.45. The highest BCUT2D eigenvalue weighted by molar-refractivity contribution is 7.99. The molecule has 280 valence electrons. The smallest absolute Gasteiger partial charge is 0.262 e. The highest BCUT2D eigenvalue weighted by Gasteiger charge is 2.50. The number of likely N-dealkylation sites (tertiary alicyclic amines) is 1. The molecule has 2 bridgehead atoms. The molecule has 12 heteroatoms. The molecule has 0 radical (unpaired) electrons. The van der Waals surface area contributed by atoms with Crippen LogP contribution < -0.4 is 14.4 Å². The first-order chi connectivity index (χ1) is 24.1. The first-order valence-electron chi connectivity index (χ1n) is 18.7. The third-order valence-electron chi connectivity index (χ3n) is 13.1. The molecule has 3 aliphatic heterocycles. The number of anilines is 1. The molecule has 9 nitrogen and oxygen atoms in total. The number of sulfone groups is 1. The van der Waals surface area contributed by atoms with Gasteiger partial charge in [0.25, 0.3) is 5.91 Å². The fourth-order valence-electron chi connectivity index (χ4n) is 9.74. The summed E-state index contributed by atoms with van der Waals surface area (Å²) in [6.07, 6.45) is 8.72. The molecule has 7 rings (SSSR count). The molecular weight excluding hydrogens is 706 g/mol. The van der Waals surface area contributed by atoms with Gasteiger partial charge in [0.2, 0.25) is 0 Å². The lowest BCUT2D eigenvalue weighted by atomic mass is 9.62. The molecule has 5 aliphatic rings. The van der Waals surface area contributed by atoms with Gasteiger partial charge in [-0.2, -0.15) is 0 Å². The van der Waals surface area contributed by atoms with E-state index >= 15 is 0 Å². The average Bonchev–Trinajstić information content (AvgIpc) is 3.47. The van der Waals surface area contributed by atoms with Gasteiger partial charge < -0.3 is 14.7 Å². The zero-order valence-corrected chi connectivity index (χ0v) is 32.6. The lowest BCUT2D eigenvalue weighted by Gasteiger charge is -2.51. The van der Waals surface area contributed by atoms with Crippen molar-refractivity contribution in [3.8, 4) is 5.75 Å². The summed E-state index contributed by atoms with van der Waals surface area (Å²) in [7, 11) is -6.16. The molecule has 0 aromatic heterocycles. The Labute approximate surface area is 309 Å². The van der Waals surface area contributed by atoms with Crippen molar-refractivity contribution < 1.29 is 27.3 Å². The molecule has 1 amide bonds. The Bertz CT molecular complexity index is 1890. The van der Waals surface area contributed by atoms with Gasteiger partial charge in [0.05, 0.1) is 32.9 Å². The second kappa shape index (κ2) is 13.8. The van der Waals surface area contributed by atoms with E-state index in [9.17, 15) is 22.5 Å².